The average molecular weight is 374 g/mol. The van der Waals surface area contributed by atoms with Gasteiger partial charge in [-0.15, -0.1) is 0 Å². The van der Waals surface area contributed by atoms with Crippen LogP contribution in [0.25, 0.3) is 0 Å². The fraction of sp³-hybridized carbons (Fsp3) is 0.474. The Kier molecular flexibility index (Phi) is 4.84. The van der Waals surface area contributed by atoms with Crippen LogP contribution in [0.5, 0.6) is 0 Å². The van der Waals surface area contributed by atoms with Crippen molar-refractivity contribution in [2.24, 2.45) is 5.92 Å². The summed E-state index contributed by atoms with van der Waals surface area (Å²) in [5, 5.41) is 4.31. The van der Waals surface area contributed by atoms with E-state index in [-0.39, 0.29) is 11.9 Å². The number of nitrogens with zero attached hydrogens (tertiary/aromatic N) is 2. The molecule has 6 heteroatoms. The van der Waals surface area contributed by atoms with Gasteiger partial charge >= 0.3 is 0 Å². The van der Waals surface area contributed by atoms with Crippen LogP contribution in [-0.4, -0.2) is 40.4 Å². The monoisotopic (exact) mass is 373 g/mol. The molecule has 1 N–H and O–H groups in total. The van der Waals surface area contributed by atoms with Gasteiger partial charge in [0.15, 0.2) is 0 Å². The summed E-state index contributed by atoms with van der Waals surface area (Å²) in [5.41, 5.74) is 0.738. The van der Waals surface area contributed by atoms with Gasteiger partial charge in [-0.3, -0.25) is 9.69 Å². The number of carbonyl (C=O) groups excluding carboxylic acids is 1. The molecule has 1 aromatic carbocycles. The molecule has 4 nitrogen and oxygen atoms in total. The molecule has 1 amide bonds. The first-order valence-corrected chi connectivity index (χ1v) is 10.5. The Morgan fingerprint density at radius 2 is 2.00 bits per heavy atom. The molecule has 5 rings (SSSR count). The number of aryl methyl sites for hydroxylation is 1. The highest BCUT2D eigenvalue weighted by Crippen LogP contribution is 2.32. The summed E-state index contributed by atoms with van der Waals surface area (Å²) >= 11 is 3.15. The average Bonchev–Trinajstić information content (AvgIpc) is 3.04. The standard InChI is InChI=1S/C19H23N3OS2/c1-12-11-17(21-25-12)24-16-5-3-15(4-6-16)19(23)20-18-13(2)22-9-7-14(18)8-10-22/h3-6,11,13-14,18H,7-10H2,1-2H3,(H,20,23)/t13-,18-/m0/s1. The maximum atomic E-state index is 12.7. The SMILES string of the molecule is Cc1cc(Sc2ccc(C(=O)N[C@@H]3C4CCN(CC4)[C@H]3C)cc2)ns1. The second kappa shape index (κ2) is 7.09. The van der Waals surface area contributed by atoms with Crippen molar-refractivity contribution in [3.05, 3.63) is 40.8 Å². The Labute approximate surface area is 157 Å². The van der Waals surface area contributed by atoms with Crippen molar-refractivity contribution in [3.63, 3.8) is 0 Å². The molecule has 4 heterocycles. The number of carbonyl (C=O) groups is 1. The van der Waals surface area contributed by atoms with Crippen LogP contribution in [0.2, 0.25) is 0 Å². The summed E-state index contributed by atoms with van der Waals surface area (Å²) in [7, 11) is 0. The summed E-state index contributed by atoms with van der Waals surface area (Å²) in [6.45, 7) is 6.66. The van der Waals surface area contributed by atoms with E-state index in [1.165, 1.54) is 42.3 Å². The van der Waals surface area contributed by atoms with Gasteiger partial charge in [0, 0.05) is 27.4 Å². The molecular weight excluding hydrogens is 350 g/mol. The smallest absolute Gasteiger partial charge is 0.251 e. The summed E-state index contributed by atoms with van der Waals surface area (Å²) in [5.74, 6) is 0.679. The number of fused-ring (bicyclic) bond motifs is 3. The zero-order chi connectivity index (χ0) is 17.4. The van der Waals surface area contributed by atoms with Crippen molar-refractivity contribution in [2.45, 2.75) is 48.7 Å². The minimum Gasteiger partial charge on any atom is -0.347 e. The van der Waals surface area contributed by atoms with E-state index in [1.54, 1.807) is 11.8 Å². The first-order chi connectivity index (χ1) is 12.1. The van der Waals surface area contributed by atoms with Crippen LogP contribution < -0.4 is 5.32 Å². The van der Waals surface area contributed by atoms with E-state index in [2.05, 4.69) is 34.5 Å². The molecule has 0 saturated carbocycles. The summed E-state index contributed by atoms with van der Waals surface area (Å²) < 4.78 is 4.40. The lowest BCUT2D eigenvalue weighted by Gasteiger charge is -2.49. The Balaban J connectivity index is 1.40. The van der Waals surface area contributed by atoms with E-state index in [0.717, 1.165) is 15.5 Å². The minimum absolute atomic E-state index is 0.0478. The third-order valence-electron chi connectivity index (χ3n) is 5.42. The number of aromatic nitrogens is 1. The highest BCUT2D eigenvalue weighted by atomic mass is 32.2. The fourth-order valence-electron chi connectivity index (χ4n) is 3.97. The number of hydrogen-bond donors (Lipinski definition) is 1. The molecule has 0 aliphatic carbocycles. The number of hydrogen-bond acceptors (Lipinski definition) is 5. The molecule has 3 aliphatic heterocycles. The third kappa shape index (κ3) is 3.61. The molecular formula is C19H23N3OS2. The van der Waals surface area contributed by atoms with E-state index >= 15 is 0 Å². The molecule has 0 unspecified atom stereocenters. The van der Waals surface area contributed by atoms with Crippen LogP contribution >= 0.6 is 23.3 Å². The van der Waals surface area contributed by atoms with Crippen LogP contribution in [0.3, 0.4) is 0 Å². The molecule has 2 bridgehead atoms. The van der Waals surface area contributed by atoms with Crippen LogP contribution in [0.1, 0.15) is 35.0 Å². The Morgan fingerprint density at radius 1 is 1.28 bits per heavy atom. The van der Waals surface area contributed by atoms with Gasteiger partial charge < -0.3 is 5.32 Å². The zero-order valence-corrected chi connectivity index (χ0v) is 16.2. The number of piperidine rings is 3. The van der Waals surface area contributed by atoms with Crippen molar-refractivity contribution in [1.82, 2.24) is 14.6 Å². The molecule has 3 aliphatic rings. The lowest BCUT2D eigenvalue weighted by Crippen LogP contribution is -2.62. The van der Waals surface area contributed by atoms with Crippen molar-refractivity contribution < 1.29 is 4.79 Å². The van der Waals surface area contributed by atoms with E-state index in [0.29, 0.717) is 12.0 Å². The second-order valence-electron chi connectivity index (χ2n) is 7.02. The van der Waals surface area contributed by atoms with E-state index in [1.807, 2.05) is 24.3 Å². The molecule has 132 valence electrons. The van der Waals surface area contributed by atoms with Gasteiger partial charge in [-0.25, -0.2) is 0 Å². The van der Waals surface area contributed by atoms with Crippen LogP contribution in [0, 0.1) is 12.8 Å². The Bertz CT molecular complexity index is 748. The normalized spacial score (nSPS) is 28.1. The first-order valence-electron chi connectivity index (χ1n) is 8.86. The van der Waals surface area contributed by atoms with Crippen LogP contribution in [0.15, 0.2) is 40.3 Å². The lowest BCUT2D eigenvalue weighted by molar-refractivity contribution is 0.0217. The molecule has 2 atom stereocenters. The van der Waals surface area contributed by atoms with Crippen molar-refractivity contribution in [2.75, 3.05) is 13.1 Å². The molecule has 1 aromatic heterocycles. The van der Waals surface area contributed by atoms with Crippen LogP contribution in [-0.2, 0) is 0 Å². The highest BCUT2D eigenvalue weighted by Gasteiger charge is 2.40. The number of rotatable bonds is 4. The quantitative estimate of drug-likeness (QED) is 0.885. The van der Waals surface area contributed by atoms with Gasteiger partial charge in [0.2, 0.25) is 0 Å². The fourth-order valence-corrected chi connectivity index (χ4v) is 5.50. The van der Waals surface area contributed by atoms with Gasteiger partial charge in [0.05, 0.1) is 0 Å². The van der Waals surface area contributed by atoms with Crippen molar-refractivity contribution >= 4 is 29.2 Å². The van der Waals surface area contributed by atoms with E-state index < -0.39 is 0 Å². The molecule has 25 heavy (non-hydrogen) atoms. The van der Waals surface area contributed by atoms with E-state index in [9.17, 15) is 4.79 Å². The van der Waals surface area contributed by atoms with E-state index in [4.69, 9.17) is 0 Å². The maximum absolute atomic E-state index is 12.7. The summed E-state index contributed by atoms with van der Waals surface area (Å²) in [6.07, 6.45) is 2.41. The highest BCUT2D eigenvalue weighted by molar-refractivity contribution is 7.99. The van der Waals surface area contributed by atoms with Gasteiger partial charge in [-0.05, 0) is 87.6 Å². The summed E-state index contributed by atoms with van der Waals surface area (Å²) in [6, 6.07) is 10.7. The predicted molar refractivity (Wildman–Crippen MR) is 102 cm³/mol. The van der Waals surface area contributed by atoms with Gasteiger partial charge in [-0.1, -0.05) is 11.8 Å². The Hall–Kier alpha value is -1.37. The minimum atomic E-state index is 0.0478. The molecule has 2 aromatic rings. The molecule has 3 fully saturated rings. The predicted octanol–water partition coefficient (Wildman–Crippen LogP) is 3.82. The molecule has 0 radical (unpaired) electrons. The first kappa shape index (κ1) is 17.1. The summed E-state index contributed by atoms with van der Waals surface area (Å²) in [4.78, 5) is 17.5. The van der Waals surface area contributed by atoms with Gasteiger partial charge in [0.1, 0.15) is 5.03 Å². The van der Waals surface area contributed by atoms with Crippen LogP contribution in [0.4, 0.5) is 0 Å². The number of nitrogens with one attached hydrogen (secondary N) is 1. The lowest BCUT2D eigenvalue weighted by atomic mass is 9.79. The topological polar surface area (TPSA) is 45.2 Å². The molecule has 3 saturated heterocycles. The number of amides is 1. The number of benzene rings is 1. The zero-order valence-electron chi connectivity index (χ0n) is 14.6. The van der Waals surface area contributed by atoms with Crippen molar-refractivity contribution in [3.8, 4) is 0 Å². The third-order valence-corrected chi connectivity index (χ3v) is 7.16. The van der Waals surface area contributed by atoms with Gasteiger partial charge in [0.25, 0.3) is 5.91 Å². The second-order valence-corrected chi connectivity index (χ2v) is 9.12. The Morgan fingerprint density at radius 3 is 2.60 bits per heavy atom. The molecule has 0 spiro atoms. The van der Waals surface area contributed by atoms with Gasteiger partial charge in [-0.2, -0.15) is 4.37 Å². The van der Waals surface area contributed by atoms with Crippen molar-refractivity contribution in [1.29, 1.82) is 0 Å². The maximum Gasteiger partial charge on any atom is 0.251 e. The largest absolute Gasteiger partial charge is 0.347 e.